The molecule has 0 spiro atoms. The summed E-state index contributed by atoms with van der Waals surface area (Å²) in [7, 11) is 1.77. The fraction of sp³-hybridized carbons (Fsp3) is 0.250. The van der Waals surface area contributed by atoms with Crippen molar-refractivity contribution >= 4 is 11.7 Å². The van der Waals surface area contributed by atoms with Gasteiger partial charge in [-0.2, -0.15) is 5.26 Å². The third kappa shape index (κ3) is 4.51. The van der Waals surface area contributed by atoms with Gasteiger partial charge >= 0.3 is 6.03 Å². The van der Waals surface area contributed by atoms with Gasteiger partial charge in [-0.3, -0.25) is 0 Å². The Bertz CT molecular complexity index is 988. The van der Waals surface area contributed by atoms with Crippen LogP contribution in [-0.2, 0) is 13.6 Å². The molecular weight excluding hydrogens is 354 g/mol. The van der Waals surface area contributed by atoms with Crippen LogP contribution in [-0.4, -0.2) is 37.7 Å². The standard InChI is InChI=1S/C20H21N7O/c1-3-11-27(14-16-9-7-15(13-21)8-10-16)20(28)22-18-6-4-5-17(12-18)19-23-24-25-26(19)2/h4-10,12H,3,11,14H2,1-2H3,(H,22,28). The van der Waals surface area contributed by atoms with Crippen LogP contribution in [0.5, 0.6) is 0 Å². The zero-order valence-electron chi connectivity index (χ0n) is 15.8. The van der Waals surface area contributed by atoms with Gasteiger partial charge in [0.2, 0.25) is 0 Å². The molecule has 2 aromatic carbocycles. The zero-order valence-corrected chi connectivity index (χ0v) is 15.8. The van der Waals surface area contributed by atoms with Crippen molar-refractivity contribution in [2.24, 2.45) is 7.05 Å². The number of carbonyl (C=O) groups is 1. The van der Waals surface area contributed by atoms with Gasteiger partial charge in [-0.15, -0.1) is 5.10 Å². The second-order valence-corrected chi connectivity index (χ2v) is 6.37. The number of nitrogens with zero attached hydrogens (tertiary/aromatic N) is 6. The smallest absolute Gasteiger partial charge is 0.320 e. The molecule has 2 amide bonds. The van der Waals surface area contributed by atoms with Gasteiger partial charge in [-0.1, -0.05) is 31.2 Å². The molecule has 0 fully saturated rings. The fourth-order valence-corrected chi connectivity index (χ4v) is 2.84. The SMILES string of the molecule is CCCN(Cc1ccc(C#N)cc1)C(=O)Nc1cccc(-c2nnnn2C)c1. The summed E-state index contributed by atoms with van der Waals surface area (Å²) in [5.74, 6) is 0.624. The number of amides is 2. The van der Waals surface area contributed by atoms with Crippen molar-refractivity contribution in [3.05, 3.63) is 59.7 Å². The summed E-state index contributed by atoms with van der Waals surface area (Å²) in [6.07, 6.45) is 0.842. The van der Waals surface area contributed by atoms with E-state index in [1.54, 1.807) is 28.8 Å². The van der Waals surface area contributed by atoms with Crippen LogP contribution in [0, 0.1) is 11.3 Å². The third-order valence-corrected chi connectivity index (χ3v) is 4.23. The number of aryl methyl sites for hydroxylation is 1. The van der Waals surface area contributed by atoms with Crippen LogP contribution in [0.15, 0.2) is 48.5 Å². The molecule has 1 N–H and O–H groups in total. The molecule has 0 aliphatic carbocycles. The minimum absolute atomic E-state index is 0.181. The molecule has 1 heterocycles. The summed E-state index contributed by atoms with van der Waals surface area (Å²) in [5, 5.41) is 23.3. The van der Waals surface area contributed by atoms with Gasteiger partial charge in [-0.25, -0.2) is 9.48 Å². The first-order chi connectivity index (χ1) is 13.6. The topological polar surface area (TPSA) is 99.7 Å². The molecule has 3 rings (SSSR count). The number of urea groups is 1. The van der Waals surface area contributed by atoms with Crippen LogP contribution in [0.1, 0.15) is 24.5 Å². The summed E-state index contributed by atoms with van der Waals surface area (Å²) in [6, 6.07) is 16.6. The molecule has 0 bridgehead atoms. The Balaban J connectivity index is 1.73. The van der Waals surface area contributed by atoms with Crippen LogP contribution in [0.3, 0.4) is 0 Å². The normalized spacial score (nSPS) is 10.3. The Morgan fingerprint density at radius 1 is 1.25 bits per heavy atom. The molecule has 0 aliphatic rings. The lowest BCUT2D eigenvalue weighted by Crippen LogP contribution is -2.35. The highest BCUT2D eigenvalue weighted by molar-refractivity contribution is 5.90. The van der Waals surface area contributed by atoms with Gasteiger partial charge in [-0.05, 0) is 46.7 Å². The molecular formula is C20H21N7O. The van der Waals surface area contributed by atoms with E-state index in [0.717, 1.165) is 17.5 Å². The highest BCUT2D eigenvalue weighted by Crippen LogP contribution is 2.20. The molecule has 0 aliphatic heterocycles. The minimum Gasteiger partial charge on any atom is -0.320 e. The first kappa shape index (κ1) is 19.0. The Morgan fingerprint density at radius 3 is 2.68 bits per heavy atom. The van der Waals surface area contributed by atoms with E-state index in [1.165, 1.54) is 0 Å². The van der Waals surface area contributed by atoms with Crippen molar-refractivity contribution in [2.75, 3.05) is 11.9 Å². The average molecular weight is 375 g/mol. The summed E-state index contributed by atoms with van der Waals surface area (Å²) < 4.78 is 1.58. The number of rotatable bonds is 6. The maximum Gasteiger partial charge on any atom is 0.322 e. The molecule has 0 saturated carbocycles. The van der Waals surface area contributed by atoms with E-state index >= 15 is 0 Å². The molecule has 8 heteroatoms. The molecule has 28 heavy (non-hydrogen) atoms. The molecule has 1 aromatic heterocycles. The average Bonchev–Trinajstić information content (AvgIpc) is 3.14. The number of carbonyl (C=O) groups excluding carboxylic acids is 1. The van der Waals surface area contributed by atoms with Crippen molar-refractivity contribution in [3.63, 3.8) is 0 Å². The molecule has 0 radical (unpaired) electrons. The Morgan fingerprint density at radius 2 is 2.04 bits per heavy atom. The van der Waals surface area contributed by atoms with Crippen molar-refractivity contribution in [2.45, 2.75) is 19.9 Å². The maximum atomic E-state index is 12.8. The van der Waals surface area contributed by atoms with Crippen molar-refractivity contribution in [1.29, 1.82) is 5.26 Å². The maximum absolute atomic E-state index is 12.8. The second-order valence-electron chi connectivity index (χ2n) is 6.37. The van der Waals surface area contributed by atoms with Gasteiger partial charge in [0.25, 0.3) is 0 Å². The van der Waals surface area contributed by atoms with E-state index in [1.807, 2.05) is 43.3 Å². The van der Waals surface area contributed by atoms with E-state index in [0.29, 0.717) is 30.2 Å². The van der Waals surface area contributed by atoms with E-state index in [4.69, 9.17) is 5.26 Å². The quantitative estimate of drug-likeness (QED) is 0.713. The number of anilines is 1. The van der Waals surface area contributed by atoms with Crippen LogP contribution < -0.4 is 5.32 Å². The number of aromatic nitrogens is 4. The lowest BCUT2D eigenvalue weighted by Gasteiger charge is -2.23. The second kappa shape index (κ2) is 8.77. The van der Waals surface area contributed by atoms with Crippen molar-refractivity contribution in [1.82, 2.24) is 25.1 Å². The number of nitrogens with one attached hydrogen (secondary N) is 1. The van der Waals surface area contributed by atoms with E-state index in [9.17, 15) is 4.79 Å². The zero-order chi connectivity index (χ0) is 19.9. The molecule has 0 unspecified atom stereocenters. The van der Waals surface area contributed by atoms with Gasteiger partial charge in [0.15, 0.2) is 5.82 Å². The number of hydrogen-bond donors (Lipinski definition) is 1. The van der Waals surface area contributed by atoms with E-state index in [2.05, 4.69) is 26.9 Å². The molecule has 3 aromatic rings. The monoisotopic (exact) mass is 375 g/mol. The Kier molecular flexibility index (Phi) is 5.97. The minimum atomic E-state index is -0.181. The van der Waals surface area contributed by atoms with Crippen LogP contribution in [0.4, 0.5) is 10.5 Å². The highest BCUT2D eigenvalue weighted by Gasteiger charge is 2.14. The Labute approximate surface area is 163 Å². The summed E-state index contributed by atoms with van der Waals surface area (Å²) in [4.78, 5) is 14.6. The lowest BCUT2D eigenvalue weighted by atomic mass is 10.1. The molecule has 0 saturated heterocycles. The van der Waals surface area contributed by atoms with Gasteiger partial charge < -0.3 is 10.2 Å². The predicted molar refractivity (Wildman–Crippen MR) is 105 cm³/mol. The van der Waals surface area contributed by atoms with E-state index < -0.39 is 0 Å². The van der Waals surface area contributed by atoms with Crippen LogP contribution in [0.25, 0.3) is 11.4 Å². The van der Waals surface area contributed by atoms with Crippen molar-refractivity contribution in [3.8, 4) is 17.5 Å². The molecule has 0 atom stereocenters. The number of tetrazole rings is 1. The van der Waals surface area contributed by atoms with Gasteiger partial charge in [0, 0.05) is 31.4 Å². The van der Waals surface area contributed by atoms with Crippen molar-refractivity contribution < 1.29 is 4.79 Å². The summed E-state index contributed by atoms with van der Waals surface area (Å²) in [6.45, 7) is 3.12. The first-order valence-electron chi connectivity index (χ1n) is 8.98. The van der Waals surface area contributed by atoms with Gasteiger partial charge in [0.05, 0.1) is 11.6 Å². The fourth-order valence-electron chi connectivity index (χ4n) is 2.84. The van der Waals surface area contributed by atoms with Crippen LogP contribution >= 0.6 is 0 Å². The summed E-state index contributed by atoms with van der Waals surface area (Å²) >= 11 is 0. The number of nitriles is 1. The summed E-state index contributed by atoms with van der Waals surface area (Å²) in [5.41, 5.74) is 3.07. The largest absolute Gasteiger partial charge is 0.322 e. The third-order valence-electron chi connectivity index (χ3n) is 4.23. The lowest BCUT2D eigenvalue weighted by molar-refractivity contribution is 0.209. The van der Waals surface area contributed by atoms with E-state index in [-0.39, 0.29) is 6.03 Å². The molecule has 142 valence electrons. The number of benzene rings is 2. The van der Waals surface area contributed by atoms with Crippen LogP contribution in [0.2, 0.25) is 0 Å². The Hall–Kier alpha value is -3.73. The van der Waals surface area contributed by atoms with Gasteiger partial charge in [0.1, 0.15) is 0 Å². The highest BCUT2D eigenvalue weighted by atomic mass is 16.2. The first-order valence-corrected chi connectivity index (χ1v) is 8.98. The predicted octanol–water partition coefficient (Wildman–Crippen LogP) is 3.19. The molecule has 8 nitrogen and oxygen atoms in total. The number of hydrogen-bond acceptors (Lipinski definition) is 5.